The van der Waals surface area contributed by atoms with Gasteiger partial charge in [0.25, 0.3) is 0 Å². The van der Waals surface area contributed by atoms with Crippen molar-refractivity contribution < 1.29 is 19.0 Å². The van der Waals surface area contributed by atoms with Gasteiger partial charge in [-0.15, -0.1) is 0 Å². The third-order valence-electron chi connectivity index (χ3n) is 3.42. The fourth-order valence-electron chi connectivity index (χ4n) is 2.21. The summed E-state index contributed by atoms with van der Waals surface area (Å²) in [6.45, 7) is 3.84. The van der Waals surface area contributed by atoms with Gasteiger partial charge in [0.15, 0.2) is 11.5 Å². The van der Waals surface area contributed by atoms with Crippen molar-refractivity contribution >= 4 is 12.0 Å². The highest BCUT2D eigenvalue weighted by atomic mass is 16.5. The monoisotopic (exact) mass is 351 g/mol. The zero-order valence-electron chi connectivity index (χ0n) is 15.1. The maximum atomic E-state index is 11.9. The molecule has 0 saturated heterocycles. The molecule has 5 heteroatoms. The van der Waals surface area contributed by atoms with Crippen LogP contribution in [0.25, 0.3) is 6.08 Å². The van der Waals surface area contributed by atoms with E-state index in [1.165, 1.54) is 6.08 Å². The van der Waals surface area contributed by atoms with Gasteiger partial charge in [0, 0.05) is 0 Å². The lowest BCUT2D eigenvalue weighted by Crippen LogP contribution is -2.12. The van der Waals surface area contributed by atoms with Gasteiger partial charge < -0.3 is 14.2 Å². The first-order chi connectivity index (χ1) is 12.5. The molecule has 0 atom stereocenters. The summed E-state index contributed by atoms with van der Waals surface area (Å²) in [5.74, 6) is 0.450. The van der Waals surface area contributed by atoms with Crippen LogP contribution in [-0.4, -0.2) is 19.2 Å². The molecule has 0 bridgehead atoms. The molecule has 0 spiro atoms. The molecule has 2 aromatic rings. The second kappa shape index (κ2) is 9.28. The molecule has 5 nitrogen and oxygen atoms in total. The number of nitrogens with zero attached hydrogens (tertiary/aromatic N) is 1. The highest BCUT2D eigenvalue weighted by molar-refractivity contribution is 5.98. The summed E-state index contributed by atoms with van der Waals surface area (Å²) in [6.07, 6.45) is 1.18. The maximum absolute atomic E-state index is 11.9. The molecule has 0 radical (unpaired) electrons. The minimum Gasteiger partial charge on any atom is -0.493 e. The number of benzene rings is 2. The first-order valence-corrected chi connectivity index (χ1v) is 8.21. The number of hydrogen-bond donors (Lipinski definition) is 0. The number of carbonyl (C=O) groups excluding carboxylic acids is 1. The molecular formula is C21H21NO4. The van der Waals surface area contributed by atoms with Crippen molar-refractivity contribution in [2.45, 2.75) is 26.6 Å². The predicted octanol–water partition coefficient (Wildman–Crippen LogP) is 4.13. The quantitative estimate of drug-likeness (QED) is 0.426. The second-order valence-corrected chi connectivity index (χ2v) is 5.81. The molecule has 0 aliphatic rings. The van der Waals surface area contributed by atoms with E-state index in [1.54, 1.807) is 39.2 Å². The standard InChI is InChI=1S/C21H21NO4/c1-15(2)26-21(23)18(13-22)11-17-9-10-19(24-3)20(12-17)25-14-16-7-5-4-6-8-16/h4-12,15H,14H2,1-3H3. The molecule has 0 unspecified atom stereocenters. The van der Waals surface area contributed by atoms with Gasteiger partial charge >= 0.3 is 5.97 Å². The van der Waals surface area contributed by atoms with Crippen LogP contribution in [0, 0.1) is 11.3 Å². The van der Waals surface area contributed by atoms with Crippen molar-refractivity contribution in [1.29, 1.82) is 5.26 Å². The Morgan fingerprint density at radius 3 is 2.50 bits per heavy atom. The van der Waals surface area contributed by atoms with Crippen molar-refractivity contribution in [2.24, 2.45) is 0 Å². The number of carbonyl (C=O) groups is 1. The van der Waals surface area contributed by atoms with E-state index in [2.05, 4.69) is 0 Å². The largest absolute Gasteiger partial charge is 0.493 e. The van der Waals surface area contributed by atoms with E-state index in [9.17, 15) is 10.1 Å². The second-order valence-electron chi connectivity index (χ2n) is 5.81. The van der Waals surface area contributed by atoms with E-state index in [4.69, 9.17) is 14.2 Å². The van der Waals surface area contributed by atoms with Crippen LogP contribution in [0.15, 0.2) is 54.1 Å². The Kier molecular flexibility index (Phi) is 6.81. The minimum absolute atomic E-state index is 0.0714. The molecule has 0 aliphatic carbocycles. The average Bonchev–Trinajstić information content (AvgIpc) is 2.64. The van der Waals surface area contributed by atoms with E-state index >= 15 is 0 Å². The van der Waals surface area contributed by atoms with Gasteiger partial charge in [0.1, 0.15) is 18.2 Å². The number of methoxy groups -OCH3 is 1. The number of esters is 1. The van der Waals surface area contributed by atoms with E-state index in [-0.39, 0.29) is 11.7 Å². The summed E-state index contributed by atoms with van der Waals surface area (Å²) in [6, 6.07) is 16.8. The van der Waals surface area contributed by atoms with Gasteiger partial charge in [-0.3, -0.25) is 0 Å². The fraction of sp³-hybridized carbons (Fsp3) is 0.238. The van der Waals surface area contributed by atoms with Crippen LogP contribution in [0.2, 0.25) is 0 Å². The van der Waals surface area contributed by atoms with E-state index in [0.717, 1.165) is 5.56 Å². The van der Waals surface area contributed by atoms with Crippen molar-refractivity contribution in [1.82, 2.24) is 0 Å². The molecule has 134 valence electrons. The van der Waals surface area contributed by atoms with Gasteiger partial charge in [0.05, 0.1) is 13.2 Å². The fourth-order valence-corrected chi connectivity index (χ4v) is 2.21. The molecule has 2 aromatic carbocycles. The van der Waals surface area contributed by atoms with Crippen LogP contribution in [0.4, 0.5) is 0 Å². The molecule has 26 heavy (non-hydrogen) atoms. The lowest BCUT2D eigenvalue weighted by Gasteiger charge is -2.12. The zero-order chi connectivity index (χ0) is 18.9. The smallest absolute Gasteiger partial charge is 0.349 e. The van der Waals surface area contributed by atoms with Gasteiger partial charge in [-0.05, 0) is 43.2 Å². The summed E-state index contributed by atoms with van der Waals surface area (Å²) in [5, 5.41) is 9.22. The Morgan fingerprint density at radius 2 is 1.88 bits per heavy atom. The van der Waals surface area contributed by atoms with Crippen molar-refractivity contribution in [2.75, 3.05) is 7.11 Å². The van der Waals surface area contributed by atoms with E-state index in [1.807, 2.05) is 36.4 Å². The first-order valence-electron chi connectivity index (χ1n) is 8.21. The zero-order valence-corrected chi connectivity index (χ0v) is 15.1. The van der Waals surface area contributed by atoms with Crippen LogP contribution >= 0.6 is 0 Å². The van der Waals surface area contributed by atoms with Gasteiger partial charge in [-0.2, -0.15) is 5.26 Å². The van der Waals surface area contributed by atoms with Crippen LogP contribution < -0.4 is 9.47 Å². The first kappa shape index (κ1) is 19.1. The van der Waals surface area contributed by atoms with Crippen LogP contribution in [-0.2, 0) is 16.1 Å². The lowest BCUT2D eigenvalue weighted by atomic mass is 10.1. The third kappa shape index (κ3) is 5.38. The Morgan fingerprint density at radius 1 is 1.15 bits per heavy atom. The predicted molar refractivity (Wildman–Crippen MR) is 98.6 cm³/mol. The summed E-state index contributed by atoms with van der Waals surface area (Å²) in [7, 11) is 1.56. The van der Waals surface area contributed by atoms with Crippen LogP contribution in [0.1, 0.15) is 25.0 Å². The normalized spacial score (nSPS) is 11.0. The number of rotatable bonds is 7. The SMILES string of the molecule is COc1ccc(C=C(C#N)C(=O)OC(C)C)cc1OCc1ccccc1. The summed E-state index contributed by atoms with van der Waals surface area (Å²) in [4.78, 5) is 11.9. The highest BCUT2D eigenvalue weighted by Crippen LogP contribution is 2.29. The van der Waals surface area contributed by atoms with Gasteiger partial charge in [0.2, 0.25) is 0 Å². The molecule has 2 rings (SSSR count). The molecule has 0 aliphatic heterocycles. The molecular weight excluding hydrogens is 330 g/mol. The third-order valence-corrected chi connectivity index (χ3v) is 3.42. The molecule has 0 N–H and O–H groups in total. The minimum atomic E-state index is -0.648. The van der Waals surface area contributed by atoms with Crippen LogP contribution in [0.3, 0.4) is 0 Å². The molecule has 0 saturated carbocycles. The van der Waals surface area contributed by atoms with Crippen molar-refractivity contribution in [3.05, 3.63) is 65.2 Å². The Hall–Kier alpha value is -3.26. The Labute approximate surface area is 153 Å². The number of nitriles is 1. The molecule has 0 amide bonds. The van der Waals surface area contributed by atoms with Crippen molar-refractivity contribution in [3.8, 4) is 17.6 Å². The number of hydrogen-bond acceptors (Lipinski definition) is 5. The molecule has 0 fully saturated rings. The van der Waals surface area contributed by atoms with Crippen molar-refractivity contribution in [3.63, 3.8) is 0 Å². The highest BCUT2D eigenvalue weighted by Gasteiger charge is 2.13. The number of ether oxygens (including phenoxy) is 3. The van der Waals surface area contributed by atoms with E-state index < -0.39 is 5.97 Å². The van der Waals surface area contributed by atoms with Crippen LogP contribution in [0.5, 0.6) is 11.5 Å². The van der Waals surface area contributed by atoms with Gasteiger partial charge in [-0.1, -0.05) is 36.4 Å². The summed E-state index contributed by atoms with van der Waals surface area (Å²) >= 11 is 0. The molecule has 0 heterocycles. The van der Waals surface area contributed by atoms with Gasteiger partial charge in [-0.25, -0.2) is 4.79 Å². The Bertz CT molecular complexity index is 820. The topological polar surface area (TPSA) is 68.5 Å². The average molecular weight is 351 g/mol. The summed E-state index contributed by atoms with van der Waals surface area (Å²) < 4.78 is 16.2. The Balaban J connectivity index is 2.23. The lowest BCUT2D eigenvalue weighted by molar-refractivity contribution is -0.142. The van der Waals surface area contributed by atoms with E-state index in [0.29, 0.717) is 23.7 Å². The summed E-state index contributed by atoms with van der Waals surface area (Å²) in [5.41, 5.74) is 1.60. The maximum Gasteiger partial charge on any atom is 0.349 e. The molecule has 0 aromatic heterocycles.